The molecule has 0 aliphatic carbocycles. The predicted octanol–water partition coefficient (Wildman–Crippen LogP) is 3.45. The topological polar surface area (TPSA) is 36.2 Å². The van der Waals surface area contributed by atoms with Crippen molar-refractivity contribution in [2.24, 2.45) is 22.7 Å². The molecule has 0 rings (SSSR count). The first kappa shape index (κ1) is 12.4. The van der Waals surface area contributed by atoms with Gasteiger partial charge in [-0.15, -0.1) is 0 Å². The number of hydrogen-bond acceptors (Lipinski definition) is 2. The Kier molecular flexibility index (Phi) is 6.52. The van der Waals surface area contributed by atoms with Crippen molar-refractivity contribution in [1.82, 2.24) is 0 Å². The third-order valence-electron chi connectivity index (χ3n) is 2.60. The van der Waals surface area contributed by atoms with E-state index >= 15 is 0 Å². The standard InChI is InChI=1S/C11H22N2/c1-9(2)11(10(3)4)6-5-7-13-8-12/h9-12H,5-7H2,1-4H3. The van der Waals surface area contributed by atoms with Gasteiger partial charge in [-0.1, -0.05) is 27.7 Å². The maximum atomic E-state index is 6.64. The minimum Gasteiger partial charge on any atom is -0.242 e. The predicted molar refractivity (Wildman–Crippen MR) is 57.4 cm³/mol. The monoisotopic (exact) mass is 182 g/mol. The number of rotatable bonds is 6. The summed E-state index contributed by atoms with van der Waals surface area (Å²) in [6.07, 6.45) is 2.31. The van der Waals surface area contributed by atoms with Gasteiger partial charge in [-0.25, -0.2) is 10.4 Å². The molecule has 0 amide bonds. The lowest BCUT2D eigenvalue weighted by molar-refractivity contribution is 0.265. The summed E-state index contributed by atoms with van der Waals surface area (Å²) < 4.78 is 0. The van der Waals surface area contributed by atoms with Gasteiger partial charge < -0.3 is 0 Å². The number of nitrogens with one attached hydrogen (secondary N) is 1. The smallest absolute Gasteiger partial charge is 0.0861 e. The molecule has 2 nitrogen and oxygen atoms in total. The van der Waals surface area contributed by atoms with Crippen LogP contribution in [0.4, 0.5) is 0 Å². The quantitative estimate of drug-likeness (QED) is 0.482. The van der Waals surface area contributed by atoms with Crippen LogP contribution in [0.1, 0.15) is 40.5 Å². The van der Waals surface area contributed by atoms with Crippen molar-refractivity contribution in [2.45, 2.75) is 40.5 Å². The molecule has 0 unspecified atom stereocenters. The first-order valence-corrected chi connectivity index (χ1v) is 5.17. The molecule has 0 aliphatic rings. The molecular weight excluding hydrogens is 160 g/mol. The number of hydrogen-bond donors (Lipinski definition) is 1. The van der Waals surface area contributed by atoms with Crippen molar-refractivity contribution >= 4 is 6.01 Å². The van der Waals surface area contributed by atoms with Gasteiger partial charge in [0.2, 0.25) is 0 Å². The van der Waals surface area contributed by atoms with Crippen LogP contribution in [0.3, 0.4) is 0 Å². The van der Waals surface area contributed by atoms with Crippen LogP contribution in [-0.2, 0) is 0 Å². The van der Waals surface area contributed by atoms with E-state index in [2.05, 4.69) is 38.7 Å². The van der Waals surface area contributed by atoms with Gasteiger partial charge in [-0.05, 0) is 30.6 Å². The van der Waals surface area contributed by atoms with Crippen LogP contribution >= 0.6 is 0 Å². The molecule has 0 saturated heterocycles. The Morgan fingerprint density at radius 2 is 1.69 bits per heavy atom. The lowest BCUT2D eigenvalue weighted by Gasteiger charge is -2.24. The zero-order valence-electron chi connectivity index (χ0n) is 9.30. The molecule has 0 bridgehead atoms. The molecule has 1 N–H and O–H groups in total. The normalized spacial score (nSPS) is 11.0. The van der Waals surface area contributed by atoms with E-state index in [0.29, 0.717) is 0 Å². The average molecular weight is 182 g/mol. The van der Waals surface area contributed by atoms with Crippen LogP contribution in [0, 0.1) is 23.2 Å². The van der Waals surface area contributed by atoms with E-state index in [1.165, 1.54) is 6.42 Å². The second kappa shape index (κ2) is 6.85. The maximum absolute atomic E-state index is 6.64. The zero-order valence-corrected chi connectivity index (χ0v) is 9.30. The van der Waals surface area contributed by atoms with Gasteiger partial charge in [0.05, 0.1) is 6.01 Å². The summed E-state index contributed by atoms with van der Waals surface area (Å²) in [5, 5.41) is 6.64. The van der Waals surface area contributed by atoms with E-state index in [-0.39, 0.29) is 0 Å². The summed E-state index contributed by atoms with van der Waals surface area (Å²) in [7, 11) is 0. The molecule has 0 atom stereocenters. The Balaban J connectivity index is 3.76. The Morgan fingerprint density at radius 1 is 1.15 bits per heavy atom. The zero-order chi connectivity index (χ0) is 10.3. The fourth-order valence-electron chi connectivity index (χ4n) is 1.90. The average Bonchev–Trinajstić information content (AvgIpc) is 2.02. The molecule has 0 spiro atoms. The van der Waals surface area contributed by atoms with E-state index in [0.717, 1.165) is 30.7 Å². The minimum absolute atomic E-state index is 0.754. The minimum atomic E-state index is 0.754. The van der Waals surface area contributed by atoms with Crippen molar-refractivity contribution in [3.05, 3.63) is 0 Å². The molecule has 0 aliphatic heterocycles. The largest absolute Gasteiger partial charge is 0.242 e. The highest BCUT2D eigenvalue weighted by molar-refractivity contribution is 5.35. The van der Waals surface area contributed by atoms with Gasteiger partial charge >= 0.3 is 0 Å². The molecule has 0 aromatic heterocycles. The number of aliphatic imine (C=N–C) groups is 1. The summed E-state index contributed by atoms with van der Waals surface area (Å²) >= 11 is 0. The van der Waals surface area contributed by atoms with E-state index in [1.807, 2.05) is 0 Å². The molecule has 0 fully saturated rings. The molecule has 0 saturated carbocycles. The first-order chi connectivity index (χ1) is 6.09. The van der Waals surface area contributed by atoms with Gasteiger partial charge in [0, 0.05) is 6.54 Å². The van der Waals surface area contributed by atoms with Gasteiger partial charge in [-0.2, -0.15) is 0 Å². The first-order valence-electron chi connectivity index (χ1n) is 5.17. The fraction of sp³-hybridized carbons (Fsp3) is 0.909. The van der Waals surface area contributed by atoms with Gasteiger partial charge in [0.1, 0.15) is 0 Å². The molecular formula is C11H22N2. The third kappa shape index (κ3) is 5.59. The highest BCUT2D eigenvalue weighted by atomic mass is 14.7. The van der Waals surface area contributed by atoms with Crippen LogP contribution in [0.2, 0.25) is 0 Å². The highest BCUT2D eigenvalue weighted by Crippen LogP contribution is 2.25. The van der Waals surface area contributed by atoms with Crippen LogP contribution < -0.4 is 0 Å². The second-order valence-corrected chi connectivity index (χ2v) is 4.29. The molecule has 76 valence electrons. The summed E-state index contributed by atoms with van der Waals surface area (Å²) in [6, 6.07) is 2.07. The van der Waals surface area contributed by atoms with Crippen LogP contribution in [0.5, 0.6) is 0 Å². The Bertz CT molecular complexity index is 159. The Morgan fingerprint density at radius 3 is 2.08 bits per heavy atom. The molecule has 0 aromatic carbocycles. The molecule has 2 heteroatoms. The molecule has 13 heavy (non-hydrogen) atoms. The fourth-order valence-corrected chi connectivity index (χ4v) is 1.90. The van der Waals surface area contributed by atoms with Crippen LogP contribution in [-0.4, -0.2) is 12.6 Å². The Hall–Kier alpha value is -0.620. The van der Waals surface area contributed by atoms with Crippen molar-refractivity contribution in [2.75, 3.05) is 6.54 Å². The van der Waals surface area contributed by atoms with Gasteiger partial charge in [0.15, 0.2) is 0 Å². The van der Waals surface area contributed by atoms with Gasteiger partial charge in [0.25, 0.3) is 0 Å². The highest BCUT2D eigenvalue weighted by Gasteiger charge is 2.16. The van der Waals surface area contributed by atoms with Crippen LogP contribution in [0.25, 0.3) is 0 Å². The van der Waals surface area contributed by atoms with Crippen molar-refractivity contribution in [1.29, 1.82) is 5.41 Å². The lowest BCUT2D eigenvalue weighted by atomic mass is 9.82. The summed E-state index contributed by atoms with van der Waals surface area (Å²) in [4.78, 5) is 3.78. The van der Waals surface area contributed by atoms with Gasteiger partial charge in [-0.3, -0.25) is 0 Å². The molecule has 0 radical (unpaired) electrons. The summed E-state index contributed by atoms with van der Waals surface area (Å²) in [5.41, 5.74) is 0. The second-order valence-electron chi connectivity index (χ2n) is 4.29. The Labute approximate surface area is 82.0 Å². The number of nitrogens with zero attached hydrogens (tertiary/aromatic N) is 1. The molecule has 0 heterocycles. The van der Waals surface area contributed by atoms with E-state index < -0.39 is 0 Å². The SMILES string of the molecule is CC(C)C(CCCN=C=N)C(C)C. The van der Waals surface area contributed by atoms with E-state index in [1.54, 1.807) is 0 Å². The summed E-state index contributed by atoms with van der Waals surface area (Å²) in [6.45, 7) is 9.89. The van der Waals surface area contributed by atoms with E-state index in [9.17, 15) is 0 Å². The maximum Gasteiger partial charge on any atom is 0.0861 e. The third-order valence-corrected chi connectivity index (χ3v) is 2.60. The van der Waals surface area contributed by atoms with Crippen molar-refractivity contribution in [3.8, 4) is 0 Å². The summed E-state index contributed by atoms with van der Waals surface area (Å²) in [5.74, 6) is 2.30. The van der Waals surface area contributed by atoms with Crippen molar-refractivity contribution < 1.29 is 0 Å². The molecule has 0 aromatic rings. The van der Waals surface area contributed by atoms with E-state index in [4.69, 9.17) is 5.41 Å². The van der Waals surface area contributed by atoms with Crippen molar-refractivity contribution in [3.63, 3.8) is 0 Å². The lowest BCUT2D eigenvalue weighted by Crippen LogP contribution is -2.15. The van der Waals surface area contributed by atoms with Crippen LogP contribution in [0.15, 0.2) is 4.99 Å².